The number of nitrogens with zero attached hydrogens (tertiary/aromatic N) is 2. The van der Waals surface area contributed by atoms with Crippen molar-refractivity contribution < 1.29 is 27.4 Å². The number of aryl methyl sites for hydroxylation is 2. The van der Waals surface area contributed by atoms with Gasteiger partial charge in [0.25, 0.3) is 0 Å². The number of benzene rings is 2. The van der Waals surface area contributed by atoms with Gasteiger partial charge in [-0.3, -0.25) is 9.69 Å². The van der Waals surface area contributed by atoms with Crippen LogP contribution in [0.3, 0.4) is 0 Å². The maximum atomic E-state index is 13.4. The van der Waals surface area contributed by atoms with Crippen molar-refractivity contribution in [3.63, 3.8) is 0 Å². The molecule has 2 unspecified atom stereocenters. The highest BCUT2D eigenvalue weighted by Crippen LogP contribution is 2.40. The number of nitrogens with one attached hydrogen (secondary N) is 1. The maximum Gasteiger partial charge on any atom is 0.246 e. The summed E-state index contributed by atoms with van der Waals surface area (Å²) in [6.07, 6.45) is 4.75. The lowest BCUT2D eigenvalue weighted by atomic mass is 9.76. The maximum absolute atomic E-state index is 13.4. The van der Waals surface area contributed by atoms with E-state index in [-0.39, 0.29) is 25.2 Å². The van der Waals surface area contributed by atoms with Gasteiger partial charge in [0.05, 0.1) is 31.3 Å². The average Bonchev–Trinajstić information content (AvgIpc) is 3.51. The Labute approximate surface area is 256 Å². The fourth-order valence-electron chi connectivity index (χ4n) is 7.11. The van der Waals surface area contributed by atoms with E-state index >= 15 is 0 Å². The van der Waals surface area contributed by atoms with Crippen LogP contribution >= 0.6 is 0 Å². The second-order valence-electron chi connectivity index (χ2n) is 12.3. The molecule has 3 fully saturated rings. The largest absolute Gasteiger partial charge is 0.497 e. The van der Waals surface area contributed by atoms with Gasteiger partial charge in [0.15, 0.2) is 0 Å². The number of morpholine rings is 1. The monoisotopic (exact) mass is 613 g/mol. The van der Waals surface area contributed by atoms with Crippen LogP contribution in [-0.4, -0.2) is 89.3 Å². The molecule has 9 nitrogen and oxygen atoms in total. The summed E-state index contributed by atoms with van der Waals surface area (Å²) in [7, 11) is -2.10. The van der Waals surface area contributed by atoms with Crippen LogP contribution in [0.15, 0.2) is 47.4 Å². The highest BCUT2D eigenvalue weighted by atomic mass is 32.2. The highest BCUT2D eigenvalue weighted by Gasteiger charge is 2.36. The molecule has 0 bridgehead atoms. The zero-order chi connectivity index (χ0) is 30.4. The van der Waals surface area contributed by atoms with E-state index in [1.54, 1.807) is 33.1 Å². The summed E-state index contributed by atoms with van der Waals surface area (Å²) in [5.41, 5.74) is 2.71. The third-order valence-electron chi connectivity index (χ3n) is 9.33. The quantitative estimate of drug-likeness (QED) is 0.408. The highest BCUT2D eigenvalue weighted by molar-refractivity contribution is 7.89. The summed E-state index contributed by atoms with van der Waals surface area (Å²) in [6, 6.07) is 14.8. The van der Waals surface area contributed by atoms with E-state index in [2.05, 4.69) is 40.5 Å². The van der Waals surface area contributed by atoms with Crippen LogP contribution in [0.25, 0.3) is 0 Å². The van der Waals surface area contributed by atoms with E-state index in [1.165, 1.54) is 9.87 Å². The summed E-state index contributed by atoms with van der Waals surface area (Å²) in [5, 5.41) is 3.07. The molecule has 2 heterocycles. The average molecular weight is 614 g/mol. The van der Waals surface area contributed by atoms with Gasteiger partial charge in [-0.25, -0.2) is 8.42 Å². The van der Waals surface area contributed by atoms with Gasteiger partial charge in [0, 0.05) is 38.8 Å². The molecular formula is C33H47N3O6S. The molecule has 2 aromatic rings. The Morgan fingerprint density at radius 2 is 1.67 bits per heavy atom. The van der Waals surface area contributed by atoms with E-state index < -0.39 is 10.0 Å². The van der Waals surface area contributed by atoms with Crippen molar-refractivity contribution in [3.05, 3.63) is 59.2 Å². The first-order valence-electron chi connectivity index (χ1n) is 15.7. The van der Waals surface area contributed by atoms with Gasteiger partial charge < -0.3 is 19.5 Å². The zero-order valence-corrected chi connectivity index (χ0v) is 26.6. The van der Waals surface area contributed by atoms with Gasteiger partial charge in [-0.2, -0.15) is 4.31 Å². The summed E-state index contributed by atoms with van der Waals surface area (Å²) in [5.74, 6) is 1.56. The lowest BCUT2D eigenvalue weighted by molar-refractivity contribution is -0.127. The van der Waals surface area contributed by atoms with E-state index in [1.807, 2.05) is 0 Å². The molecular weight excluding hydrogens is 566 g/mol. The molecule has 3 aliphatic rings. The molecule has 0 aromatic heterocycles. The van der Waals surface area contributed by atoms with Gasteiger partial charge in [-0.15, -0.1) is 0 Å². The topological polar surface area (TPSA) is 97.4 Å². The standard InChI is InChI=1S/C33H47N3O6S/c1-24-19-30(40-3)20-25(2)33(24)43(38,39)36-14-13-29(22-36)42-23-31(37)34-21-26-9-11-28(12-10-26)32(27-7-5-4-6-8-27)35-15-17-41-18-16-35/h4-8,19-20,26,28-29,32H,9-18,21-23H2,1-3H3,(H,34,37). The third kappa shape index (κ3) is 7.78. The predicted octanol–water partition coefficient (Wildman–Crippen LogP) is 4.09. The second kappa shape index (κ2) is 14.5. The minimum Gasteiger partial charge on any atom is -0.497 e. The van der Waals surface area contributed by atoms with Crippen molar-refractivity contribution in [1.82, 2.24) is 14.5 Å². The molecule has 2 aromatic carbocycles. The summed E-state index contributed by atoms with van der Waals surface area (Å²) in [4.78, 5) is 15.6. The molecule has 1 saturated carbocycles. The number of ether oxygens (including phenoxy) is 3. The fourth-order valence-corrected chi connectivity index (χ4v) is 9.01. The molecule has 0 radical (unpaired) electrons. The van der Waals surface area contributed by atoms with Crippen molar-refractivity contribution in [1.29, 1.82) is 0 Å². The smallest absolute Gasteiger partial charge is 0.246 e. The lowest BCUT2D eigenvalue weighted by Crippen LogP contribution is -2.43. The van der Waals surface area contributed by atoms with E-state index in [9.17, 15) is 13.2 Å². The zero-order valence-electron chi connectivity index (χ0n) is 25.8. The Kier molecular flexibility index (Phi) is 10.8. The van der Waals surface area contributed by atoms with Crippen molar-refractivity contribution in [2.24, 2.45) is 11.8 Å². The van der Waals surface area contributed by atoms with Gasteiger partial charge in [-0.05, 0) is 86.6 Å². The Bertz CT molecular complexity index is 1300. The molecule has 236 valence electrons. The Morgan fingerprint density at radius 3 is 2.33 bits per heavy atom. The number of sulfonamides is 1. The van der Waals surface area contributed by atoms with E-state index in [0.29, 0.717) is 59.2 Å². The SMILES string of the molecule is COc1cc(C)c(S(=O)(=O)N2CCC(OCC(=O)NCC3CCC(C(c4ccccc4)N4CCOCC4)CC3)C2)c(C)c1. The van der Waals surface area contributed by atoms with Crippen molar-refractivity contribution in [3.8, 4) is 5.75 Å². The summed E-state index contributed by atoms with van der Waals surface area (Å²) >= 11 is 0. The first-order valence-corrected chi connectivity index (χ1v) is 17.1. The van der Waals surface area contributed by atoms with Crippen LogP contribution in [0, 0.1) is 25.7 Å². The minimum atomic E-state index is -3.67. The second-order valence-corrected chi connectivity index (χ2v) is 14.1. The first-order chi connectivity index (χ1) is 20.8. The number of hydrogen-bond acceptors (Lipinski definition) is 7. The van der Waals surface area contributed by atoms with Crippen LogP contribution in [0.5, 0.6) is 5.75 Å². The Hall–Kier alpha value is -2.50. The Morgan fingerprint density at radius 1 is 1.00 bits per heavy atom. The predicted molar refractivity (Wildman–Crippen MR) is 166 cm³/mol. The molecule has 43 heavy (non-hydrogen) atoms. The van der Waals surface area contributed by atoms with Gasteiger partial charge in [0.2, 0.25) is 15.9 Å². The molecule has 1 aliphatic carbocycles. The summed E-state index contributed by atoms with van der Waals surface area (Å²) < 4.78 is 45.1. The summed E-state index contributed by atoms with van der Waals surface area (Å²) in [6.45, 7) is 8.33. The van der Waals surface area contributed by atoms with Crippen LogP contribution in [-0.2, 0) is 24.3 Å². The van der Waals surface area contributed by atoms with Crippen molar-refractivity contribution in [2.45, 2.75) is 63.0 Å². The minimum absolute atomic E-state index is 0.0540. The number of hydrogen-bond donors (Lipinski definition) is 1. The van der Waals surface area contributed by atoms with Crippen LogP contribution in [0.1, 0.15) is 54.8 Å². The molecule has 1 amide bonds. The van der Waals surface area contributed by atoms with Gasteiger partial charge in [0.1, 0.15) is 12.4 Å². The lowest BCUT2D eigenvalue weighted by Gasteiger charge is -2.42. The normalized spacial score (nSPS) is 24.5. The van der Waals surface area contributed by atoms with E-state index in [4.69, 9.17) is 14.2 Å². The number of methoxy groups -OCH3 is 1. The van der Waals surface area contributed by atoms with Crippen LogP contribution < -0.4 is 10.1 Å². The first kappa shape index (κ1) is 31.9. The van der Waals surface area contributed by atoms with Crippen LogP contribution in [0.2, 0.25) is 0 Å². The number of carbonyl (C=O) groups excluding carboxylic acids is 1. The van der Waals surface area contributed by atoms with Gasteiger partial charge in [-0.1, -0.05) is 30.3 Å². The third-order valence-corrected chi connectivity index (χ3v) is 11.5. The van der Waals surface area contributed by atoms with Gasteiger partial charge >= 0.3 is 0 Å². The molecule has 10 heteroatoms. The van der Waals surface area contributed by atoms with Crippen molar-refractivity contribution >= 4 is 15.9 Å². The molecule has 1 N–H and O–H groups in total. The molecule has 0 spiro atoms. The molecule has 2 atom stereocenters. The number of rotatable bonds is 11. The fraction of sp³-hybridized carbons (Fsp3) is 0.606. The van der Waals surface area contributed by atoms with E-state index in [0.717, 1.165) is 52.0 Å². The number of carbonyl (C=O) groups is 1. The van der Waals surface area contributed by atoms with Crippen molar-refractivity contribution in [2.75, 3.05) is 59.7 Å². The Balaban J connectivity index is 1.06. The molecule has 2 saturated heterocycles. The number of amides is 1. The molecule has 2 aliphatic heterocycles. The van der Waals surface area contributed by atoms with Crippen LogP contribution in [0.4, 0.5) is 0 Å². The molecule has 5 rings (SSSR count).